The maximum atomic E-state index is 8.12. The summed E-state index contributed by atoms with van der Waals surface area (Å²) in [6.45, 7) is 16.5. The van der Waals surface area contributed by atoms with Crippen LogP contribution in [0.15, 0.2) is 249 Å². The fourth-order valence-electron chi connectivity index (χ4n) is 14.5. The first-order valence-electron chi connectivity index (χ1n) is 37.0. The van der Waals surface area contributed by atoms with Gasteiger partial charge < -0.3 is 16.2 Å². The van der Waals surface area contributed by atoms with E-state index in [1.165, 1.54) is 33.4 Å². The highest BCUT2D eigenvalue weighted by Gasteiger charge is 2.28. The molecule has 8 N–H and O–H groups in total. The molecule has 590 valence electrons. The second-order valence-corrected chi connectivity index (χ2v) is 27.6. The smallest absolute Gasteiger partial charge is 0.373 e. The summed E-state index contributed by atoms with van der Waals surface area (Å²) in [5.74, 6) is 1.96. The summed E-state index contributed by atoms with van der Waals surface area (Å²) in [6.07, 6.45) is 6.58. The van der Waals surface area contributed by atoms with Gasteiger partial charge in [-0.2, -0.15) is 49.2 Å². The topological polar surface area (TPSA) is 334 Å². The minimum absolute atomic E-state index is 0. The van der Waals surface area contributed by atoms with Crippen molar-refractivity contribution in [2.75, 3.05) is 18.6 Å². The molecule has 0 bridgehead atoms. The maximum absolute atomic E-state index is 8.12. The van der Waals surface area contributed by atoms with Gasteiger partial charge in [0.25, 0.3) is 0 Å². The molecule has 25 heteroatoms. The average molecular weight is 1630 g/mol. The third-order valence-electron chi connectivity index (χ3n) is 19.6. The Labute approximate surface area is 699 Å². The highest BCUT2D eigenvalue weighted by atomic mass is 35.5. The molecule has 0 amide bonds. The number of aromatic nitrogens is 12. The number of aromatic amines is 4. The third-order valence-corrected chi connectivity index (χ3v) is 20.3. The number of hydrogen-bond acceptors (Lipinski definition) is 17. The van der Waals surface area contributed by atoms with Gasteiger partial charge in [-0.15, -0.1) is 0 Å². The van der Waals surface area contributed by atoms with E-state index in [9.17, 15) is 0 Å². The number of hydrogen-bond donors (Lipinski definition) is 6. The molecule has 0 unspecified atom stereocenters. The molecule has 0 radical (unpaired) electrons. The molecule has 9 aromatic carbocycles. The Bertz CT molecular complexity index is 6570. The third kappa shape index (κ3) is 18.4. The van der Waals surface area contributed by atoms with Crippen molar-refractivity contribution >= 4 is 120 Å². The van der Waals surface area contributed by atoms with Gasteiger partial charge in [0.05, 0.1) is 52.9 Å². The SMILES string of the molecule is C.CCc1c(-c2ccccc2)nc2n[nH]c(C)c2c1-c1ccc(OC)cc1.CCc1c(-c2ccccc2)nc2n[nH]c(N)c2c1-c1ccc(Cl)cc1.CCc1c(-c2ccccc2)nc2n[nH]c(N)c2c1C1=CCc2ccccc21.O=C=O.O=C=O.O=C=O.[C-]#[N+]c1c(-c2ccccc2)nc2n[nH]c(-c3ccc(Cl)cc3)c2c1-c1ccc(Cl)cc1. The zero-order valence-corrected chi connectivity index (χ0v) is 66.4. The van der Waals surface area contributed by atoms with Crippen molar-refractivity contribution in [1.82, 2.24) is 60.7 Å². The monoisotopic (exact) mass is 1630 g/mol. The number of pyridine rings is 4. The molecule has 0 aliphatic heterocycles. The summed E-state index contributed by atoms with van der Waals surface area (Å²) in [5, 5.41) is 35.3. The Morgan fingerprint density at radius 3 is 1.17 bits per heavy atom. The molecule has 1 aliphatic carbocycles. The van der Waals surface area contributed by atoms with Crippen molar-refractivity contribution in [3.8, 4) is 95.4 Å². The molecular formula is C94H76Cl3N15O7. The number of benzene rings is 9. The van der Waals surface area contributed by atoms with Gasteiger partial charge in [-0.05, 0) is 142 Å². The minimum atomic E-state index is 0. The predicted octanol–water partition coefficient (Wildman–Crippen LogP) is 21.7. The number of fused-ring (bicyclic) bond motifs is 5. The minimum Gasteiger partial charge on any atom is -0.497 e. The fourth-order valence-corrected chi connectivity index (χ4v) is 14.9. The number of carbonyl (C=O) groups excluding carboxylic acids is 6. The van der Waals surface area contributed by atoms with Gasteiger partial charge in [0.15, 0.2) is 22.6 Å². The number of ether oxygens (including phenoxy) is 1. The number of nitrogen functional groups attached to an aromatic ring is 2. The Balaban J connectivity index is 0.000000150. The van der Waals surface area contributed by atoms with Crippen LogP contribution < -0.4 is 16.2 Å². The van der Waals surface area contributed by atoms with E-state index in [4.69, 9.17) is 106 Å². The molecule has 17 aromatic rings. The Hall–Kier alpha value is -14.9. The van der Waals surface area contributed by atoms with Crippen LogP contribution in [-0.4, -0.2) is 86.3 Å². The van der Waals surface area contributed by atoms with E-state index in [2.05, 4.69) is 145 Å². The number of nitrogens with two attached hydrogens (primary N) is 2. The van der Waals surface area contributed by atoms with Gasteiger partial charge in [-0.3, -0.25) is 20.4 Å². The second kappa shape index (κ2) is 39.9. The van der Waals surface area contributed by atoms with Gasteiger partial charge in [-0.1, -0.05) is 263 Å². The summed E-state index contributed by atoms with van der Waals surface area (Å²) in [4.78, 5) is 72.0. The normalized spacial score (nSPS) is 10.7. The van der Waals surface area contributed by atoms with Crippen molar-refractivity contribution in [2.45, 2.75) is 60.8 Å². The highest BCUT2D eigenvalue weighted by Crippen LogP contribution is 2.48. The van der Waals surface area contributed by atoms with Crippen LogP contribution in [0.2, 0.25) is 15.1 Å². The summed E-state index contributed by atoms with van der Waals surface area (Å²) >= 11 is 18.3. The van der Waals surface area contributed by atoms with Crippen LogP contribution >= 0.6 is 34.8 Å². The van der Waals surface area contributed by atoms with Crippen molar-refractivity contribution in [3.05, 3.63) is 314 Å². The van der Waals surface area contributed by atoms with Gasteiger partial charge in [0.1, 0.15) is 17.4 Å². The molecule has 8 heterocycles. The fraction of sp³-hybridized carbons (Fsp3) is 0.106. The zero-order valence-electron chi connectivity index (χ0n) is 64.2. The van der Waals surface area contributed by atoms with Gasteiger partial charge in [-0.25, -0.2) is 24.8 Å². The van der Waals surface area contributed by atoms with Gasteiger partial charge in [0, 0.05) is 70.5 Å². The van der Waals surface area contributed by atoms with Gasteiger partial charge in [0.2, 0.25) is 5.69 Å². The maximum Gasteiger partial charge on any atom is 0.373 e. The number of allylic oxidation sites excluding steroid dienone is 1. The Morgan fingerprint density at radius 1 is 0.403 bits per heavy atom. The first kappa shape index (κ1) is 85.0. The molecule has 0 saturated heterocycles. The number of H-pyrrole nitrogens is 4. The zero-order chi connectivity index (χ0) is 83.4. The molecule has 8 aromatic heterocycles. The molecular weight excluding hydrogens is 1560 g/mol. The largest absolute Gasteiger partial charge is 0.497 e. The standard InChI is InChI=1S/C25H14Cl2N4.C23H20N4.C22H21N3O.C20H17ClN4.3CO2.CH4/c1-28-24-20(15-7-11-18(26)12-8-15)21-22(17-9-13-19(27)14-10-17)30-31-25(21)29-23(24)16-5-3-2-4-6-16;1-2-16-19(18-13-12-14-8-6-7-11-17(14)18)20-22(24)26-27-23(20)25-21(16)15-9-4-3-5-10-15;1-4-18-20(15-10-12-17(26-3)13-11-15)19-14(2)24-25-22(19)23-21(18)16-8-6-5-7-9-16;1-2-15-16(12-8-10-14(21)11-9-12)17-19(22)24-25-20(17)23-18(15)13-6-4-3-5-7-13;3*2-1-3;/h2-14H,(H,29,30,31);3-11,13H,2,12H2,1H3,(H3,24,25,26,27);5-13H,4H2,1-3H3,(H,23,24,25);3-11H,2H2,1H3,(H3,22,23,24,25);;;;1H4. The number of rotatable bonds is 13. The summed E-state index contributed by atoms with van der Waals surface area (Å²) < 4.78 is 5.32. The molecule has 18 rings (SSSR count). The van der Waals surface area contributed by atoms with E-state index in [1.54, 1.807) is 7.11 Å². The number of methoxy groups -OCH3 is 1. The number of halogens is 3. The lowest BCUT2D eigenvalue weighted by atomic mass is 9.89. The highest BCUT2D eigenvalue weighted by molar-refractivity contribution is 6.31. The molecule has 119 heavy (non-hydrogen) atoms. The van der Waals surface area contributed by atoms with Crippen LogP contribution in [0.25, 0.3) is 144 Å². The van der Waals surface area contributed by atoms with Crippen molar-refractivity contribution < 1.29 is 33.5 Å². The molecule has 0 fully saturated rings. The van der Waals surface area contributed by atoms with E-state index in [1.807, 2.05) is 177 Å². The lowest BCUT2D eigenvalue weighted by Gasteiger charge is -2.17. The lowest BCUT2D eigenvalue weighted by Crippen LogP contribution is -2.02. The Kier molecular flexibility index (Phi) is 28.5. The average Bonchev–Trinajstić information content (AvgIpc) is 1.65. The van der Waals surface area contributed by atoms with Crippen molar-refractivity contribution in [1.29, 1.82) is 0 Å². The molecule has 0 atom stereocenters. The first-order valence-corrected chi connectivity index (χ1v) is 38.1. The quantitative estimate of drug-likeness (QED) is 0.0584. The number of nitrogens with one attached hydrogen (secondary N) is 4. The van der Waals surface area contributed by atoms with E-state index in [-0.39, 0.29) is 25.9 Å². The molecule has 22 nitrogen and oxygen atoms in total. The van der Waals surface area contributed by atoms with E-state index < -0.39 is 0 Å². The van der Waals surface area contributed by atoms with Crippen LogP contribution in [-0.2, 0) is 54.5 Å². The van der Waals surface area contributed by atoms with Crippen LogP contribution in [0, 0.1) is 13.5 Å². The summed E-state index contributed by atoms with van der Waals surface area (Å²) in [5.41, 5.74) is 40.7. The second-order valence-electron chi connectivity index (χ2n) is 26.3. The van der Waals surface area contributed by atoms with Crippen molar-refractivity contribution in [3.63, 3.8) is 0 Å². The van der Waals surface area contributed by atoms with E-state index in [0.717, 1.165) is 154 Å². The molecule has 0 spiro atoms. The van der Waals surface area contributed by atoms with Crippen LogP contribution in [0.5, 0.6) is 5.75 Å². The van der Waals surface area contributed by atoms with Crippen LogP contribution in [0.1, 0.15) is 67.3 Å². The number of aryl methyl sites for hydroxylation is 1. The number of anilines is 2. The Morgan fingerprint density at radius 2 is 0.739 bits per heavy atom. The summed E-state index contributed by atoms with van der Waals surface area (Å²) in [6, 6.07) is 80.0. The first-order chi connectivity index (χ1) is 57.6. The predicted molar refractivity (Wildman–Crippen MR) is 468 cm³/mol. The molecule has 0 saturated carbocycles. The number of nitrogens with zero attached hydrogens (tertiary/aromatic N) is 9. The van der Waals surface area contributed by atoms with E-state index in [0.29, 0.717) is 55.0 Å². The van der Waals surface area contributed by atoms with Crippen LogP contribution in [0.4, 0.5) is 17.3 Å². The van der Waals surface area contributed by atoms with Gasteiger partial charge >= 0.3 is 18.5 Å². The van der Waals surface area contributed by atoms with E-state index >= 15 is 0 Å². The van der Waals surface area contributed by atoms with Crippen molar-refractivity contribution in [2.24, 2.45) is 0 Å². The van der Waals surface area contributed by atoms with Crippen LogP contribution in [0.3, 0.4) is 0 Å². The lowest BCUT2D eigenvalue weighted by molar-refractivity contribution is -0.193. The molecule has 1 aliphatic rings. The summed E-state index contributed by atoms with van der Waals surface area (Å²) in [7, 11) is 1.69.